The molecule has 0 aliphatic rings. The maximum atomic E-state index is 11.9. The summed E-state index contributed by atoms with van der Waals surface area (Å²) in [6, 6.07) is 0.441. The van der Waals surface area contributed by atoms with Crippen molar-refractivity contribution in [2.24, 2.45) is 5.73 Å². The quantitative estimate of drug-likeness (QED) is 0.713. The third-order valence-electron chi connectivity index (χ3n) is 2.63. The number of carbonyl (C=O) groups excluding carboxylic acids is 2. The van der Waals surface area contributed by atoms with Gasteiger partial charge in [-0.1, -0.05) is 6.92 Å². The maximum absolute atomic E-state index is 11.9. The number of carboxylic acid groups (broad SMARTS) is 1. The first kappa shape index (κ1) is 15.2. The molecule has 0 aliphatic carbocycles. The number of hydrogen-bond acceptors (Lipinski definition) is 4. The molecule has 19 heavy (non-hydrogen) atoms. The minimum absolute atomic E-state index is 0.425. The Morgan fingerprint density at radius 1 is 1.47 bits per heavy atom. The molecule has 0 unspecified atom stereocenters. The zero-order valence-corrected chi connectivity index (χ0v) is 11.5. The largest absolute Gasteiger partial charge is 0.480 e. The Labute approximate surface area is 114 Å². The van der Waals surface area contributed by atoms with E-state index in [0.717, 1.165) is 16.9 Å². The number of primary amides is 1. The van der Waals surface area contributed by atoms with Crippen LogP contribution in [0.25, 0.3) is 0 Å². The van der Waals surface area contributed by atoms with E-state index in [1.165, 1.54) is 11.3 Å². The summed E-state index contributed by atoms with van der Waals surface area (Å²) in [4.78, 5) is 35.0. The van der Waals surface area contributed by atoms with Gasteiger partial charge in [-0.05, 0) is 25.0 Å². The Balaban J connectivity index is 2.81. The highest BCUT2D eigenvalue weighted by Gasteiger charge is 2.23. The lowest BCUT2D eigenvalue weighted by Crippen LogP contribution is -2.43. The smallest absolute Gasteiger partial charge is 0.326 e. The van der Waals surface area contributed by atoms with Crippen LogP contribution in [0.15, 0.2) is 6.07 Å². The number of amides is 2. The van der Waals surface area contributed by atoms with Gasteiger partial charge in [0.2, 0.25) is 5.91 Å². The van der Waals surface area contributed by atoms with Crippen LogP contribution in [0.3, 0.4) is 0 Å². The van der Waals surface area contributed by atoms with E-state index in [1.54, 1.807) is 6.07 Å². The molecule has 0 radical (unpaired) electrons. The topological polar surface area (TPSA) is 109 Å². The molecule has 0 saturated heterocycles. The summed E-state index contributed by atoms with van der Waals surface area (Å²) in [6.45, 7) is 3.88. The molecule has 4 N–H and O–H groups in total. The van der Waals surface area contributed by atoms with E-state index in [0.29, 0.717) is 4.88 Å². The number of carbonyl (C=O) groups is 3. The monoisotopic (exact) mass is 284 g/mol. The lowest BCUT2D eigenvalue weighted by molar-refractivity contribution is -0.140. The minimum atomic E-state index is -1.29. The number of nitrogens with two attached hydrogens (primary N) is 1. The Hall–Kier alpha value is -1.89. The highest BCUT2D eigenvalue weighted by Crippen LogP contribution is 2.22. The number of thiophene rings is 1. The van der Waals surface area contributed by atoms with Crippen LogP contribution in [0.4, 0.5) is 0 Å². The standard InChI is InChI=1S/C12H16N2O4S/c1-3-7-4-9(19-6(7)2)11(16)14-8(12(17)18)5-10(13)15/h4,8H,3,5H2,1-2H3,(H2,13,15)(H,14,16)(H,17,18)/t8-/m0/s1. The van der Waals surface area contributed by atoms with Gasteiger partial charge >= 0.3 is 5.97 Å². The van der Waals surface area contributed by atoms with E-state index < -0.39 is 30.2 Å². The molecule has 7 heteroatoms. The van der Waals surface area contributed by atoms with Crippen LogP contribution >= 0.6 is 11.3 Å². The van der Waals surface area contributed by atoms with Crippen LogP contribution in [0.2, 0.25) is 0 Å². The first-order valence-corrected chi connectivity index (χ1v) is 6.58. The summed E-state index contributed by atoms with van der Waals surface area (Å²) in [6.07, 6.45) is 0.380. The maximum Gasteiger partial charge on any atom is 0.326 e. The molecule has 1 aromatic rings. The number of rotatable bonds is 6. The SMILES string of the molecule is CCc1cc(C(=O)N[C@@H](CC(N)=O)C(=O)O)sc1C. The molecule has 0 aromatic carbocycles. The second-order valence-electron chi connectivity index (χ2n) is 4.08. The van der Waals surface area contributed by atoms with Crippen molar-refractivity contribution in [1.82, 2.24) is 5.32 Å². The summed E-state index contributed by atoms with van der Waals surface area (Å²) < 4.78 is 0. The first-order valence-electron chi connectivity index (χ1n) is 5.76. The zero-order valence-electron chi connectivity index (χ0n) is 10.7. The molecule has 1 atom stereocenters. The summed E-state index contributed by atoms with van der Waals surface area (Å²) in [5.41, 5.74) is 6.00. The third kappa shape index (κ3) is 4.06. The van der Waals surface area contributed by atoms with Crippen molar-refractivity contribution in [3.63, 3.8) is 0 Å². The predicted octanol–water partition coefficient (Wildman–Crippen LogP) is 0.677. The van der Waals surface area contributed by atoms with Crippen LogP contribution in [-0.4, -0.2) is 28.9 Å². The molecule has 1 rings (SSSR count). The average Bonchev–Trinajstić information content (AvgIpc) is 2.69. The molecule has 1 aromatic heterocycles. The molecule has 6 nitrogen and oxygen atoms in total. The second kappa shape index (κ2) is 6.33. The van der Waals surface area contributed by atoms with E-state index >= 15 is 0 Å². The Kier molecular flexibility index (Phi) is 5.05. The number of aryl methyl sites for hydroxylation is 2. The molecule has 2 amide bonds. The first-order chi connectivity index (χ1) is 8.85. The van der Waals surface area contributed by atoms with E-state index in [4.69, 9.17) is 10.8 Å². The van der Waals surface area contributed by atoms with Crippen LogP contribution < -0.4 is 11.1 Å². The Bertz CT molecular complexity index is 510. The van der Waals surface area contributed by atoms with Crippen LogP contribution in [-0.2, 0) is 16.0 Å². The van der Waals surface area contributed by atoms with Crippen molar-refractivity contribution in [2.45, 2.75) is 32.7 Å². The van der Waals surface area contributed by atoms with Gasteiger partial charge < -0.3 is 16.2 Å². The van der Waals surface area contributed by atoms with E-state index in [1.807, 2.05) is 13.8 Å². The third-order valence-corrected chi connectivity index (χ3v) is 3.73. The lowest BCUT2D eigenvalue weighted by atomic mass is 10.2. The summed E-state index contributed by atoms with van der Waals surface area (Å²) >= 11 is 1.30. The van der Waals surface area contributed by atoms with Crippen molar-refractivity contribution in [2.75, 3.05) is 0 Å². The fraction of sp³-hybridized carbons (Fsp3) is 0.417. The number of hydrogen-bond donors (Lipinski definition) is 3. The molecule has 1 heterocycles. The van der Waals surface area contributed by atoms with Crippen LogP contribution in [0.1, 0.15) is 33.5 Å². The van der Waals surface area contributed by atoms with Gasteiger partial charge in [-0.25, -0.2) is 4.79 Å². The van der Waals surface area contributed by atoms with Crippen molar-refractivity contribution < 1.29 is 19.5 Å². The lowest BCUT2D eigenvalue weighted by Gasteiger charge is -2.11. The molecule has 0 aliphatic heterocycles. The van der Waals surface area contributed by atoms with Gasteiger partial charge in [-0.2, -0.15) is 0 Å². The molecule has 104 valence electrons. The van der Waals surface area contributed by atoms with Crippen molar-refractivity contribution in [3.8, 4) is 0 Å². The Morgan fingerprint density at radius 2 is 2.11 bits per heavy atom. The van der Waals surface area contributed by atoms with Gasteiger partial charge in [0.05, 0.1) is 11.3 Å². The molecule has 0 fully saturated rings. The molecular weight excluding hydrogens is 268 g/mol. The number of carboxylic acids is 1. The van der Waals surface area contributed by atoms with Gasteiger partial charge in [0.25, 0.3) is 5.91 Å². The predicted molar refractivity (Wildman–Crippen MR) is 71.1 cm³/mol. The van der Waals surface area contributed by atoms with Crippen molar-refractivity contribution >= 4 is 29.1 Å². The fourth-order valence-corrected chi connectivity index (χ4v) is 2.63. The summed E-state index contributed by atoms with van der Waals surface area (Å²) in [5.74, 6) is -2.55. The van der Waals surface area contributed by atoms with Gasteiger partial charge in [-0.3, -0.25) is 9.59 Å². The Morgan fingerprint density at radius 3 is 2.53 bits per heavy atom. The molecule has 0 spiro atoms. The minimum Gasteiger partial charge on any atom is -0.480 e. The van der Waals surface area contributed by atoms with E-state index in [2.05, 4.69) is 5.32 Å². The van der Waals surface area contributed by atoms with Gasteiger partial charge in [-0.15, -0.1) is 11.3 Å². The normalized spacial score (nSPS) is 11.9. The van der Waals surface area contributed by atoms with Crippen LogP contribution in [0, 0.1) is 6.92 Å². The van der Waals surface area contributed by atoms with E-state index in [9.17, 15) is 14.4 Å². The fourth-order valence-electron chi connectivity index (χ4n) is 1.61. The van der Waals surface area contributed by atoms with E-state index in [-0.39, 0.29) is 0 Å². The van der Waals surface area contributed by atoms with Crippen molar-refractivity contribution in [1.29, 1.82) is 0 Å². The molecule has 0 bridgehead atoms. The summed E-state index contributed by atoms with van der Waals surface area (Å²) in [5, 5.41) is 11.2. The molecular formula is C12H16N2O4S. The average molecular weight is 284 g/mol. The second-order valence-corrected chi connectivity index (χ2v) is 5.34. The number of aliphatic carboxylic acids is 1. The van der Waals surface area contributed by atoms with Gasteiger partial charge in [0, 0.05) is 4.88 Å². The van der Waals surface area contributed by atoms with Crippen LogP contribution in [0.5, 0.6) is 0 Å². The molecule has 0 saturated carbocycles. The van der Waals surface area contributed by atoms with Crippen molar-refractivity contribution in [3.05, 3.63) is 21.4 Å². The van der Waals surface area contributed by atoms with Gasteiger partial charge in [0.15, 0.2) is 0 Å². The highest BCUT2D eigenvalue weighted by atomic mass is 32.1. The van der Waals surface area contributed by atoms with Gasteiger partial charge in [0.1, 0.15) is 6.04 Å². The summed E-state index contributed by atoms with van der Waals surface area (Å²) in [7, 11) is 0. The zero-order chi connectivity index (χ0) is 14.6. The number of nitrogens with one attached hydrogen (secondary N) is 1. The highest BCUT2D eigenvalue weighted by molar-refractivity contribution is 7.14.